The van der Waals surface area contributed by atoms with Gasteiger partial charge in [-0.05, 0) is 27.8 Å². The first-order valence-electron chi connectivity index (χ1n) is 5.36. The molecule has 0 saturated carbocycles. The fourth-order valence-electron chi connectivity index (χ4n) is 1.34. The topological polar surface area (TPSA) is 66.5 Å². The zero-order chi connectivity index (χ0) is 12.9. The fourth-order valence-corrected chi connectivity index (χ4v) is 2.26. The molecule has 0 aliphatic carbocycles. The van der Waals surface area contributed by atoms with E-state index in [4.69, 9.17) is 0 Å². The van der Waals surface area contributed by atoms with Crippen molar-refractivity contribution in [2.45, 2.75) is 32.1 Å². The lowest BCUT2D eigenvalue weighted by molar-refractivity contribution is -0.122. The lowest BCUT2D eigenvalue weighted by atomic mass is 10.2. The Labute approximate surface area is 98.1 Å². The average molecular weight is 250 g/mol. The highest BCUT2D eigenvalue weighted by atomic mass is 32.2. The largest absolute Gasteiger partial charge is 0.355 e. The van der Waals surface area contributed by atoms with E-state index in [1.165, 1.54) is 6.26 Å². The molecule has 2 atom stereocenters. The van der Waals surface area contributed by atoms with E-state index in [0.717, 1.165) is 0 Å². The number of carbonyl (C=O) groups excluding carboxylic acids is 1. The second-order valence-corrected chi connectivity index (χ2v) is 6.55. The molecule has 0 aromatic rings. The molecule has 0 aromatic heterocycles. The van der Waals surface area contributed by atoms with Crippen molar-refractivity contribution < 1.29 is 13.2 Å². The van der Waals surface area contributed by atoms with Crippen LogP contribution in [0.2, 0.25) is 0 Å². The number of rotatable bonds is 6. The third-order valence-corrected chi connectivity index (χ3v) is 4.56. The lowest BCUT2D eigenvalue weighted by Gasteiger charge is -2.28. The Morgan fingerprint density at radius 1 is 1.38 bits per heavy atom. The number of hydrogen-bond acceptors (Lipinski definition) is 4. The smallest absolute Gasteiger partial charge is 0.234 e. The molecule has 5 nitrogen and oxygen atoms in total. The summed E-state index contributed by atoms with van der Waals surface area (Å²) in [6, 6.07) is -0.183. The number of carbonyl (C=O) groups is 1. The summed E-state index contributed by atoms with van der Waals surface area (Å²) in [7, 11) is -1.32. The first-order valence-corrected chi connectivity index (χ1v) is 7.31. The maximum atomic E-state index is 11.4. The minimum Gasteiger partial charge on any atom is -0.355 e. The van der Waals surface area contributed by atoms with Crippen LogP contribution in [0.3, 0.4) is 0 Å². The quantitative estimate of drug-likeness (QED) is 0.713. The van der Waals surface area contributed by atoms with E-state index in [-0.39, 0.29) is 18.5 Å². The van der Waals surface area contributed by atoms with Gasteiger partial charge in [-0.25, -0.2) is 8.42 Å². The van der Waals surface area contributed by atoms with Gasteiger partial charge in [-0.1, -0.05) is 0 Å². The number of nitrogens with one attached hydrogen (secondary N) is 1. The maximum absolute atomic E-state index is 11.4. The van der Waals surface area contributed by atoms with Gasteiger partial charge in [0.05, 0.1) is 11.8 Å². The van der Waals surface area contributed by atoms with Crippen LogP contribution in [-0.2, 0) is 14.6 Å². The number of sulfone groups is 1. The van der Waals surface area contributed by atoms with E-state index < -0.39 is 15.1 Å². The molecule has 0 fully saturated rings. The summed E-state index contributed by atoms with van der Waals surface area (Å²) < 4.78 is 22.7. The van der Waals surface area contributed by atoms with Crippen molar-refractivity contribution in [3.8, 4) is 0 Å². The molecule has 6 heteroatoms. The highest BCUT2D eigenvalue weighted by molar-refractivity contribution is 7.91. The van der Waals surface area contributed by atoms with Crippen LogP contribution in [-0.4, -0.2) is 56.9 Å². The summed E-state index contributed by atoms with van der Waals surface area (Å²) in [6.45, 7) is 6.12. The van der Waals surface area contributed by atoms with Crippen LogP contribution in [0.1, 0.15) is 20.8 Å². The Morgan fingerprint density at radius 2 is 1.88 bits per heavy atom. The third-order valence-electron chi connectivity index (χ3n) is 2.82. The minimum atomic E-state index is -3.07. The van der Waals surface area contributed by atoms with E-state index in [0.29, 0.717) is 6.54 Å². The standard InChI is InChI=1S/C10H22N2O3S/c1-6-11-10(13)7-12(4)8(2)9(3)16(5,14)15/h8-9H,6-7H2,1-5H3,(H,11,13)/t8-,9-/m1/s1. The summed E-state index contributed by atoms with van der Waals surface area (Å²) in [5.74, 6) is -0.0856. The van der Waals surface area contributed by atoms with Gasteiger partial charge in [-0.15, -0.1) is 0 Å². The molecule has 0 rings (SSSR count). The van der Waals surface area contributed by atoms with Gasteiger partial charge in [0.1, 0.15) is 0 Å². The summed E-state index contributed by atoms with van der Waals surface area (Å²) in [4.78, 5) is 13.1. The van der Waals surface area contributed by atoms with Crippen LogP contribution in [0.25, 0.3) is 0 Å². The first kappa shape index (κ1) is 15.4. The minimum absolute atomic E-state index is 0.0856. The predicted molar refractivity (Wildman–Crippen MR) is 65.1 cm³/mol. The molecule has 0 bridgehead atoms. The molecule has 16 heavy (non-hydrogen) atoms. The van der Waals surface area contributed by atoms with Gasteiger partial charge in [-0.2, -0.15) is 0 Å². The van der Waals surface area contributed by atoms with E-state index in [2.05, 4.69) is 5.32 Å². The molecule has 0 unspecified atom stereocenters. The van der Waals surface area contributed by atoms with Crippen LogP contribution < -0.4 is 5.32 Å². The van der Waals surface area contributed by atoms with Gasteiger partial charge in [0.15, 0.2) is 9.84 Å². The van der Waals surface area contributed by atoms with Crippen LogP contribution in [0.4, 0.5) is 0 Å². The van der Waals surface area contributed by atoms with Crippen molar-refractivity contribution in [3.05, 3.63) is 0 Å². The van der Waals surface area contributed by atoms with Crippen molar-refractivity contribution in [1.82, 2.24) is 10.2 Å². The summed E-state index contributed by atoms with van der Waals surface area (Å²) in [5, 5.41) is 2.20. The molecule has 1 amide bonds. The van der Waals surface area contributed by atoms with Gasteiger partial charge >= 0.3 is 0 Å². The van der Waals surface area contributed by atoms with Crippen molar-refractivity contribution >= 4 is 15.7 Å². The monoisotopic (exact) mass is 250 g/mol. The van der Waals surface area contributed by atoms with Crippen molar-refractivity contribution in [2.75, 3.05) is 26.4 Å². The van der Waals surface area contributed by atoms with Gasteiger partial charge in [0, 0.05) is 18.8 Å². The van der Waals surface area contributed by atoms with E-state index >= 15 is 0 Å². The molecule has 0 aliphatic rings. The van der Waals surface area contributed by atoms with Gasteiger partial charge in [0.25, 0.3) is 0 Å². The molecular weight excluding hydrogens is 228 g/mol. The molecule has 0 radical (unpaired) electrons. The summed E-state index contributed by atoms with van der Waals surface area (Å²) in [5.41, 5.74) is 0. The highest BCUT2D eigenvalue weighted by Crippen LogP contribution is 2.09. The number of likely N-dealkylation sites (N-methyl/N-ethyl adjacent to an activating group) is 2. The summed E-state index contributed by atoms with van der Waals surface area (Å²) >= 11 is 0. The molecule has 0 heterocycles. The normalized spacial score (nSPS) is 15.9. The van der Waals surface area contributed by atoms with Crippen molar-refractivity contribution in [3.63, 3.8) is 0 Å². The Hall–Kier alpha value is -0.620. The first-order chi connectivity index (χ1) is 7.20. The molecule has 0 aromatic carbocycles. The zero-order valence-corrected chi connectivity index (χ0v) is 11.5. The molecule has 0 aliphatic heterocycles. The zero-order valence-electron chi connectivity index (χ0n) is 10.6. The van der Waals surface area contributed by atoms with Crippen LogP contribution in [0, 0.1) is 0 Å². The molecule has 0 spiro atoms. The van der Waals surface area contributed by atoms with Crippen LogP contribution in [0.15, 0.2) is 0 Å². The van der Waals surface area contributed by atoms with Crippen molar-refractivity contribution in [1.29, 1.82) is 0 Å². The lowest BCUT2D eigenvalue weighted by Crippen LogP contribution is -2.45. The van der Waals surface area contributed by atoms with Crippen LogP contribution in [0.5, 0.6) is 0 Å². The Balaban J connectivity index is 4.39. The number of hydrogen-bond donors (Lipinski definition) is 1. The molecule has 0 saturated heterocycles. The molecule has 96 valence electrons. The van der Waals surface area contributed by atoms with E-state index in [1.54, 1.807) is 18.9 Å². The SMILES string of the molecule is CCNC(=O)CN(C)[C@H](C)[C@@H](C)S(C)(=O)=O. The molecular formula is C10H22N2O3S. The van der Waals surface area contributed by atoms with E-state index in [9.17, 15) is 13.2 Å². The predicted octanol–water partition coefficient (Wildman–Crippen LogP) is -0.124. The van der Waals surface area contributed by atoms with Gasteiger partial charge < -0.3 is 5.32 Å². The Kier molecular flexibility index (Phi) is 5.96. The van der Waals surface area contributed by atoms with Gasteiger partial charge in [-0.3, -0.25) is 9.69 Å². The van der Waals surface area contributed by atoms with Crippen LogP contribution >= 0.6 is 0 Å². The van der Waals surface area contributed by atoms with Gasteiger partial charge in [0.2, 0.25) is 5.91 Å². The average Bonchev–Trinajstić information content (AvgIpc) is 2.14. The second-order valence-electron chi connectivity index (χ2n) is 4.14. The summed E-state index contributed by atoms with van der Waals surface area (Å²) in [6.07, 6.45) is 1.22. The second kappa shape index (κ2) is 6.20. The molecule has 1 N–H and O–H groups in total. The third kappa shape index (κ3) is 4.94. The number of amides is 1. The Morgan fingerprint density at radius 3 is 2.25 bits per heavy atom. The van der Waals surface area contributed by atoms with Crippen molar-refractivity contribution in [2.24, 2.45) is 0 Å². The number of nitrogens with zero attached hydrogens (tertiary/aromatic N) is 1. The maximum Gasteiger partial charge on any atom is 0.234 e. The Bertz CT molecular complexity index is 327. The van der Waals surface area contributed by atoms with E-state index in [1.807, 2.05) is 13.8 Å². The highest BCUT2D eigenvalue weighted by Gasteiger charge is 2.26. The fraction of sp³-hybridized carbons (Fsp3) is 0.900.